The van der Waals surface area contributed by atoms with Crippen LogP contribution < -0.4 is 0 Å². The lowest BCUT2D eigenvalue weighted by Crippen LogP contribution is -2.49. The van der Waals surface area contributed by atoms with Crippen molar-refractivity contribution >= 4 is 0 Å². The van der Waals surface area contributed by atoms with Crippen LogP contribution in [0.5, 0.6) is 0 Å². The van der Waals surface area contributed by atoms with Crippen molar-refractivity contribution < 1.29 is 61.8 Å². The van der Waals surface area contributed by atoms with Gasteiger partial charge in [-0.25, -0.2) is 13.2 Å². The summed E-state index contributed by atoms with van der Waals surface area (Å²) in [5, 5.41) is 0. The molecule has 0 saturated carbocycles. The minimum Gasteiger partial charge on any atom is -0.250 e. The molecule has 0 aliphatic carbocycles. The molecule has 0 N–H and O–H groups in total. The summed E-state index contributed by atoms with van der Waals surface area (Å²) in [6.45, 7) is 0. The molecule has 2 atom stereocenters. The Hall–Kier alpha value is -0.950. The highest BCUT2D eigenvalue weighted by atomic mass is 19.4. The third-order valence-corrected chi connectivity index (χ3v) is 2.12. The minimum atomic E-state index is -6.34. The largest absolute Gasteiger partial charge is 0.420 e. The molecule has 0 amide bonds. The lowest BCUT2D eigenvalue weighted by Gasteiger charge is -2.31. The van der Waals surface area contributed by atoms with Gasteiger partial charge in [-0.15, -0.1) is 0 Å². The van der Waals surface area contributed by atoms with Crippen molar-refractivity contribution in [1.29, 1.82) is 0 Å². The van der Waals surface area contributed by atoms with E-state index in [4.69, 9.17) is 0 Å². The predicted molar refractivity (Wildman–Crippen MR) is 42.1 cm³/mol. The Labute approximate surface area is 113 Å². The second kappa shape index (κ2) is 6.28. The molecular weight excluding hydrogens is 359 g/mol. The molecular formula is C8H5F13O. The summed E-state index contributed by atoms with van der Waals surface area (Å²) >= 11 is 0. The zero-order valence-electron chi connectivity index (χ0n) is 9.76. The zero-order valence-corrected chi connectivity index (χ0v) is 9.76. The smallest absolute Gasteiger partial charge is 0.250 e. The van der Waals surface area contributed by atoms with Crippen molar-refractivity contribution in [2.24, 2.45) is 5.92 Å². The van der Waals surface area contributed by atoms with Gasteiger partial charge in [-0.2, -0.15) is 43.9 Å². The average molecular weight is 364 g/mol. The third kappa shape index (κ3) is 5.68. The first-order valence-corrected chi connectivity index (χ1v) is 4.92. The monoisotopic (exact) mass is 364 g/mol. The Morgan fingerprint density at radius 3 is 1.32 bits per heavy atom. The van der Waals surface area contributed by atoms with Crippen LogP contribution in [-0.2, 0) is 4.74 Å². The van der Waals surface area contributed by atoms with E-state index in [-0.39, 0.29) is 0 Å². The molecule has 22 heavy (non-hydrogen) atoms. The van der Waals surface area contributed by atoms with Gasteiger partial charge in [0.15, 0.2) is 6.17 Å². The van der Waals surface area contributed by atoms with Crippen LogP contribution in [-0.4, -0.2) is 37.2 Å². The third-order valence-electron chi connectivity index (χ3n) is 2.12. The molecule has 0 rings (SSSR count). The predicted octanol–water partition coefficient (Wildman–Crippen LogP) is 4.92. The number of hydrogen-bond acceptors (Lipinski definition) is 1. The molecule has 0 heterocycles. The van der Waals surface area contributed by atoms with Gasteiger partial charge in [0.25, 0.3) is 0 Å². The van der Waals surface area contributed by atoms with Crippen molar-refractivity contribution in [3.05, 3.63) is 0 Å². The topological polar surface area (TPSA) is 9.23 Å². The second-order valence-corrected chi connectivity index (χ2v) is 3.87. The maximum Gasteiger partial charge on any atom is 0.420 e. The Balaban J connectivity index is 5.44. The van der Waals surface area contributed by atoms with Crippen molar-refractivity contribution in [2.75, 3.05) is 0 Å². The summed E-state index contributed by atoms with van der Waals surface area (Å²) in [6, 6.07) is 0. The Morgan fingerprint density at radius 1 is 0.636 bits per heavy atom. The van der Waals surface area contributed by atoms with Gasteiger partial charge in [0.1, 0.15) is 5.92 Å². The van der Waals surface area contributed by atoms with E-state index in [1.165, 1.54) is 0 Å². The SMILES string of the molecule is FC(CC(C(F)(F)F)C(F)(F)OC(F)(F)C(F)F)C(F)(F)F. The fraction of sp³-hybridized carbons (Fsp3) is 1.00. The quantitative estimate of drug-likeness (QED) is 0.608. The van der Waals surface area contributed by atoms with Gasteiger partial charge >= 0.3 is 31.0 Å². The van der Waals surface area contributed by atoms with Crippen molar-refractivity contribution in [3.8, 4) is 0 Å². The fourth-order valence-electron chi connectivity index (χ4n) is 1.10. The molecule has 0 aromatic rings. The van der Waals surface area contributed by atoms with Gasteiger partial charge in [0, 0.05) is 6.42 Å². The van der Waals surface area contributed by atoms with Crippen LogP contribution in [0.2, 0.25) is 0 Å². The van der Waals surface area contributed by atoms with Crippen LogP contribution in [0.4, 0.5) is 57.1 Å². The summed E-state index contributed by atoms with van der Waals surface area (Å²) in [4.78, 5) is 0. The molecule has 134 valence electrons. The molecule has 0 aromatic heterocycles. The van der Waals surface area contributed by atoms with Crippen molar-refractivity contribution in [3.63, 3.8) is 0 Å². The number of halogens is 13. The van der Waals surface area contributed by atoms with E-state index >= 15 is 0 Å². The fourth-order valence-corrected chi connectivity index (χ4v) is 1.10. The highest BCUT2D eigenvalue weighted by Gasteiger charge is 2.64. The summed E-state index contributed by atoms with van der Waals surface area (Å²) in [5.41, 5.74) is 0. The van der Waals surface area contributed by atoms with Gasteiger partial charge in [0.05, 0.1) is 0 Å². The number of hydrogen-bond donors (Lipinski definition) is 0. The van der Waals surface area contributed by atoms with Gasteiger partial charge in [0.2, 0.25) is 0 Å². The van der Waals surface area contributed by atoms with Crippen LogP contribution in [0.3, 0.4) is 0 Å². The summed E-state index contributed by atoms with van der Waals surface area (Å²) < 4.78 is 160. The van der Waals surface area contributed by atoms with E-state index < -0.39 is 49.5 Å². The second-order valence-electron chi connectivity index (χ2n) is 3.87. The Kier molecular flexibility index (Phi) is 6.00. The maximum absolute atomic E-state index is 12.9. The lowest BCUT2D eigenvalue weighted by atomic mass is 10.00. The van der Waals surface area contributed by atoms with E-state index in [1.54, 1.807) is 0 Å². The molecule has 0 bridgehead atoms. The van der Waals surface area contributed by atoms with Crippen LogP contribution in [0.25, 0.3) is 0 Å². The summed E-state index contributed by atoms with van der Waals surface area (Å²) in [7, 11) is 0. The normalized spacial score (nSPS) is 17.7. The Morgan fingerprint density at radius 2 is 1.05 bits per heavy atom. The van der Waals surface area contributed by atoms with Gasteiger partial charge in [-0.1, -0.05) is 0 Å². The van der Waals surface area contributed by atoms with Crippen molar-refractivity contribution in [1.82, 2.24) is 0 Å². The zero-order chi connectivity index (χ0) is 18.1. The van der Waals surface area contributed by atoms with Gasteiger partial charge in [-0.05, 0) is 0 Å². The van der Waals surface area contributed by atoms with E-state index in [9.17, 15) is 57.1 Å². The molecule has 14 heteroatoms. The van der Waals surface area contributed by atoms with Gasteiger partial charge < -0.3 is 0 Å². The number of ether oxygens (including phenoxy) is 1. The first-order chi connectivity index (χ1) is 9.41. The van der Waals surface area contributed by atoms with E-state index in [0.717, 1.165) is 0 Å². The van der Waals surface area contributed by atoms with Crippen molar-refractivity contribution in [2.45, 2.75) is 43.6 Å². The lowest BCUT2D eigenvalue weighted by molar-refractivity contribution is -0.439. The first kappa shape index (κ1) is 21.0. The molecule has 0 spiro atoms. The highest BCUT2D eigenvalue weighted by molar-refractivity contribution is 4.83. The molecule has 1 nitrogen and oxygen atoms in total. The maximum atomic E-state index is 12.9. The molecule has 0 radical (unpaired) electrons. The standard InChI is InChI=1S/C8H5F13O/c9-3(6(15,16)17)1-2(5(12,13)14)7(18,19)22-8(20,21)4(10)11/h2-4H,1H2. The number of rotatable bonds is 6. The first-order valence-electron chi connectivity index (χ1n) is 4.92. The molecule has 0 fully saturated rings. The Bertz CT molecular complexity index is 356. The summed E-state index contributed by atoms with van der Waals surface area (Å²) in [6.07, 6.45) is -37.1. The van der Waals surface area contributed by atoms with E-state index in [0.29, 0.717) is 0 Å². The van der Waals surface area contributed by atoms with Gasteiger partial charge in [-0.3, -0.25) is 4.74 Å². The number of alkyl halides is 13. The molecule has 0 aliphatic rings. The van der Waals surface area contributed by atoms with Crippen LogP contribution in [0.1, 0.15) is 6.42 Å². The average Bonchev–Trinajstić information content (AvgIpc) is 2.20. The van der Waals surface area contributed by atoms with E-state index in [2.05, 4.69) is 0 Å². The minimum absolute atomic E-state index is 2.02. The van der Waals surface area contributed by atoms with E-state index in [1.807, 2.05) is 4.74 Å². The molecule has 0 aliphatic heterocycles. The summed E-state index contributed by atoms with van der Waals surface area (Å²) in [5.74, 6) is -4.72. The van der Waals surface area contributed by atoms with Crippen LogP contribution in [0, 0.1) is 5.92 Å². The molecule has 0 aromatic carbocycles. The molecule has 0 saturated heterocycles. The van der Waals surface area contributed by atoms with Crippen LogP contribution in [0.15, 0.2) is 0 Å². The highest BCUT2D eigenvalue weighted by Crippen LogP contribution is 2.47. The van der Waals surface area contributed by atoms with Crippen LogP contribution >= 0.6 is 0 Å². The molecule has 2 unspecified atom stereocenters.